The highest BCUT2D eigenvalue weighted by Crippen LogP contribution is 2.20. The third kappa shape index (κ3) is 3.63. The molecule has 0 aromatic heterocycles. The quantitative estimate of drug-likeness (QED) is 0.600. The zero-order valence-electron chi connectivity index (χ0n) is 9.66. The highest BCUT2D eigenvalue weighted by atomic mass is 32.2. The molecule has 0 bridgehead atoms. The van der Waals surface area contributed by atoms with Crippen LogP contribution in [0.3, 0.4) is 0 Å². The number of rotatable bonds is 5. The number of nitrogens with zero attached hydrogens (tertiary/aromatic N) is 1. The highest BCUT2D eigenvalue weighted by Gasteiger charge is 2.37. The van der Waals surface area contributed by atoms with Gasteiger partial charge in [-0.25, -0.2) is 0 Å². The van der Waals surface area contributed by atoms with Gasteiger partial charge in [0.15, 0.2) is 0 Å². The van der Waals surface area contributed by atoms with Gasteiger partial charge >= 0.3 is 5.97 Å². The second-order valence-corrected chi connectivity index (χ2v) is 5.82. The average Bonchev–Trinajstić information content (AvgIpc) is 2.28. The van der Waals surface area contributed by atoms with Crippen LogP contribution in [-0.4, -0.2) is 54.1 Å². The Hall–Kier alpha value is -0.700. The van der Waals surface area contributed by atoms with Crippen molar-refractivity contribution in [1.29, 1.82) is 0 Å². The SMILES string of the molecule is CC(CO)NS(=O)(=O)N1CCCCC1C(=O)O. The van der Waals surface area contributed by atoms with E-state index in [9.17, 15) is 13.2 Å². The second kappa shape index (κ2) is 5.76. The van der Waals surface area contributed by atoms with Crippen molar-refractivity contribution in [2.45, 2.75) is 38.3 Å². The van der Waals surface area contributed by atoms with Crippen molar-refractivity contribution in [3.05, 3.63) is 0 Å². The Balaban J connectivity index is 2.83. The van der Waals surface area contributed by atoms with E-state index in [-0.39, 0.29) is 13.2 Å². The summed E-state index contributed by atoms with van der Waals surface area (Å²) in [5.41, 5.74) is 0. The van der Waals surface area contributed by atoms with Crippen molar-refractivity contribution in [1.82, 2.24) is 9.03 Å². The molecule has 17 heavy (non-hydrogen) atoms. The van der Waals surface area contributed by atoms with Crippen molar-refractivity contribution in [3.8, 4) is 0 Å². The molecule has 1 saturated heterocycles. The van der Waals surface area contributed by atoms with E-state index in [0.717, 1.165) is 4.31 Å². The molecule has 8 heteroatoms. The van der Waals surface area contributed by atoms with E-state index in [1.807, 2.05) is 0 Å². The largest absolute Gasteiger partial charge is 0.480 e. The van der Waals surface area contributed by atoms with E-state index >= 15 is 0 Å². The maximum Gasteiger partial charge on any atom is 0.322 e. The molecule has 100 valence electrons. The maximum atomic E-state index is 11.9. The zero-order valence-corrected chi connectivity index (χ0v) is 10.5. The van der Waals surface area contributed by atoms with Gasteiger partial charge in [0.1, 0.15) is 6.04 Å². The van der Waals surface area contributed by atoms with Crippen molar-refractivity contribution in [3.63, 3.8) is 0 Å². The fourth-order valence-electron chi connectivity index (χ4n) is 1.80. The molecular weight excluding hydrogens is 248 g/mol. The van der Waals surface area contributed by atoms with E-state index in [2.05, 4.69) is 4.72 Å². The Morgan fingerprint density at radius 3 is 2.71 bits per heavy atom. The molecule has 1 fully saturated rings. The molecular formula is C9H18N2O5S. The first kappa shape index (κ1) is 14.4. The summed E-state index contributed by atoms with van der Waals surface area (Å²) in [4.78, 5) is 11.0. The first-order valence-electron chi connectivity index (χ1n) is 5.51. The van der Waals surface area contributed by atoms with Crippen molar-refractivity contribution < 1.29 is 23.4 Å². The molecule has 1 rings (SSSR count). The Labute approximate surface area is 101 Å². The van der Waals surface area contributed by atoms with E-state index < -0.39 is 28.3 Å². The topological polar surface area (TPSA) is 107 Å². The number of nitrogens with one attached hydrogen (secondary N) is 1. The molecule has 1 heterocycles. The standard InChI is InChI=1S/C9H18N2O5S/c1-7(6-12)10-17(15,16)11-5-3-2-4-8(11)9(13)14/h7-8,10,12H,2-6H2,1H3,(H,13,14). The summed E-state index contributed by atoms with van der Waals surface area (Å²) in [6, 6.07) is -1.64. The van der Waals surface area contributed by atoms with Crippen LogP contribution < -0.4 is 4.72 Å². The van der Waals surface area contributed by atoms with Gasteiger partial charge in [0.2, 0.25) is 0 Å². The Bertz CT molecular complexity index is 370. The predicted molar refractivity (Wildman–Crippen MR) is 60.6 cm³/mol. The predicted octanol–water partition coefficient (Wildman–Crippen LogP) is -0.859. The molecule has 1 aliphatic heterocycles. The molecule has 2 unspecified atom stereocenters. The molecule has 0 aliphatic carbocycles. The first-order chi connectivity index (χ1) is 7.88. The van der Waals surface area contributed by atoms with Crippen LogP contribution in [0.4, 0.5) is 0 Å². The fourth-order valence-corrected chi connectivity index (χ4v) is 3.42. The number of hydrogen-bond acceptors (Lipinski definition) is 4. The van der Waals surface area contributed by atoms with Gasteiger partial charge in [-0.3, -0.25) is 4.79 Å². The fraction of sp³-hybridized carbons (Fsp3) is 0.889. The lowest BCUT2D eigenvalue weighted by Crippen LogP contribution is -2.54. The molecule has 1 aliphatic rings. The average molecular weight is 266 g/mol. The van der Waals surface area contributed by atoms with Gasteiger partial charge in [0, 0.05) is 12.6 Å². The summed E-state index contributed by atoms with van der Waals surface area (Å²) in [6.07, 6.45) is 1.68. The molecule has 0 saturated carbocycles. The molecule has 0 aromatic carbocycles. The van der Waals surface area contributed by atoms with Gasteiger partial charge in [0.05, 0.1) is 6.61 Å². The van der Waals surface area contributed by atoms with Gasteiger partial charge in [-0.05, 0) is 26.2 Å². The van der Waals surface area contributed by atoms with Gasteiger partial charge in [0.25, 0.3) is 10.2 Å². The van der Waals surface area contributed by atoms with Crippen LogP contribution in [0, 0.1) is 0 Å². The number of carboxylic acids is 1. The summed E-state index contributed by atoms with van der Waals surface area (Å²) >= 11 is 0. The summed E-state index contributed by atoms with van der Waals surface area (Å²) in [5, 5.41) is 17.8. The van der Waals surface area contributed by atoms with Crippen LogP contribution in [0.1, 0.15) is 26.2 Å². The van der Waals surface area contributed by atoms with E-state index in [1.54, 1.807) is 0 Å². The molecule has 2 atom stereocenters. The minimum Gasteiger partial charge on any atom is -0.480 e. The van der Waals surface area contributed by atoms with Crippen LogP contribution >= 0.6 is 0 Å². The molecule has 0 spiro atoms. The highest BCUT2D eigenvalue weighted by molar-refractivity contribution is 7.87. The van der Waals surface area contributed by atoms with Crippen molar-refractivity contribution in [2.75, 3.05) is 13.2 Å². The number of aliphatic carboxylic acids is 1. The van der Waals surface area contributed by atoms with Crippen LogP contribution in [-0.2, 0) is 15.0 Å². The number of carboxylic acid groups (broad SMARTS) is 1. The summed E-state index contributed by atoms with van der Waals surface area (Å²) < 4.78 is 27.0. The van der Waals surface area contributed by atoms with Crippen LogP contribution in [0.2, 0.25) is 0 Å². The lowest BCUT2D eigenvalue weighted by atomic mass is 10.1. The minimum absolute atomic E-state index is 0.199. The number of aliphatic hydroxyl groups excluding tert-OH is 1. The first-order valence-corrected chi connectivity index (χ1v) is 6.95. The van der Waals surface area contributed by atoms with Gasteiger partial charge in [-0.2, -0.15) is 17.4 Å². The minimum atomic E-state index is -3.85. The third-order valence-electron chi connectivity index (χ3n) is 2.67. The lowest BCUT2D eigenvalue weighted by Gasteiger charge is -2.32. The Morgan fingerprint density at radius 1 is 1.53 bits per heavy atom. The van der Waals surface area contributed by atoms with Crippen molar-refractivity contribution >= 4 is 16.2 Å². The third-order valence-corrected chi connectivity index (χ3v) is 4.43. The van der Waals surface area contributed by atoms with E-state index in [4.69, 9.17) is 10.2 Å². The van der Waals surface area contributed by atoms with E-state index in [0.29, 0.717) is 19.3 Å². The van der Waals surface area contributed by atoms with Crippen molar-refractivity contribution in [2.24, 2.45) is 0 Å². The Morgan fingerprint density at radius 2 is 2.18 bits per heavy atom. The number of carbonyl (C=O) groups is 1. The smallest absolute Gasteiger partial charge is 0.322 e. The molecule has 0 aromatic rings. The zero-order chi connectivity index (χ0) is 13.1. The summed E-state index contributed by atoms with van der Waals surface area (Å²) in [7, 11) is -3.85. The van der Waals surface area contributed by atoms with Gasteiger partial charge < -0.3 is 10.2 Å². The van der Waals surface area contributed by atoms with Gasteiger partial charge in [-0.1, -0.05) is 0 Å². The summed E-state index contributed by atoms with van der Waals surface area (Å²) in [6.45, 7) is 1.38. The molecule has 7 nitrogen and oxygen atoms in total. The molecule has 0 radical (unpaired) electrons. The normalized spacial score (nSPS) is 24.5. The van der Waals surface area contributed by atoms with Crippen LogP contribution in [0.25, 0.3) is 0 Å². The molecule has 3 N–H and O–H groups in total. The maximum absolute atomic E-state index is 11.9. The van der Waals surface area contributed by atoms with Gasteiger partial charge in [-0.15, -0.1) is 0 Å². The molecule has 0 amide bonds. The Kier molecular flexibility index (Phi) is 4.87. The number of aliphatic hydroxyl groups is 1. The summed E-state index contributed by atoms with van der Waals surface area (Å²) in [5.74, 6) is -1.13. The van der Waals surface area contributed by atoms with E-state index in [1.165, 1.54) is 6.92 Å². The lowest BCUT2D eigenvalue weighted by molar-refractivity contribution is -0.142. The monoisotopic (exact) mass is 266 g/mol. The van der Waals surface area contributed by atoms with Crippen LogP contribution in [0.5, 0.6) is 0 Å². The second-order valence-electron chi connectivity index (χ2n) is 4.17. The van der Waals surface area contributed by atoms with Crippen LogP contribution in [0.15, 0.2) is 0 Å². The number of piperidine rings is 1. The number of hydrogen-bond donors (Lipinski definition) is 3.